The fourth-order valence-corrected chi connectivity index (χ4v) is 0.882. The smallest absolute Gasteiger partial charge is 0.397 e. The number of amides is 1. The molecular weight excluding hydrogens is 208 g/mol. The summed E-state index contributed by atoms with van der Waals surface area (Å²) in [6, 6.07) is 0. The number of halogens is 2. The van der Waals surface area contributed by atoms with Crippen molar-refractivity contribution in [1.82, 2.24) is 4.90 Å². The molecule has 0 aromatic carbocycles. The quantitative estimate of drug-likeness (QED) is 0.529. The number of likely N-dealkylation sites (N-methyl/N-ethyl adjacent to an activating group) is 1. The van der Waals surface area contributed by atoms with Gasteiger partial charge < -0.3 is 9.64 Å². The predicted octanol–water partition coefficient (Wildman–Crippen LogP) is 1.18. The zero-order chi connectivity index (χ0) is 11.8. The lowest BCUT2D eigenvalue weighted by Crippen LogP contribution is -2.37. The summed E-state index contributed by atoms with van der Waals surface area (Å²) in [5, 5.41) is 0. The van der Waals surface area contributed by atoms with Gasteiger partial charge in [-0.1, -0.05) is 0 Å². The molecule has 0 fully saturated rings. The van der Waals surface area contributed by atoms with E-state index < -0.39 is 24.6 Å². The van der Waals surface area contributed by atoms with Crippen molar-refractivity contribution in [2.75, 3.05) is 19.7 Å². The van der Waals surface area contributed by atoms with Gasteiger partial charge >= 0.3 is 11.9 Å². The number of nitrogens with zero attached hydrogens (tertiary/aromatic N) is 1. The van der Waals surface area contributed by atoms with Crippen molar-refractivity contribution in [3.8, 4) is 0 Å². The van der Waals surface area contributed by atoms with E-state index in [1.54, 1.807) is 13.8 Å². The molecular formula is C9H13F2NO3. The number of hydrogen-bond donors (Lipinski definition) is 0. The van der Waals surface area contributed by atoms with Crippen LogP contribution in [0.15, 0.2) is 12.2 Å². The summed E-state index contributed by atoms with van der Waals surface area (Å²) in [7, 11) is 0. The molecule has 0 unspecified atom stereocenters. The molecule has 0 bridgehead atoms. The Morgan fingerprint density at radius 1 is 1.27 bits per heavy atom. The molecule has 0 spiro atoms. The number of hydrogen-bond acceptors (Lipinski definition) is 3. The second-order valence-electron chi connectivity index (χ2n) is 2.57. The van der Waals surface area contributed by atoms with Gasteiger partial charge in [0.15, 0.2) is 0 Å². The predicted molar refractivity (Wildman–Crippen MR) is 49.2 cm³/mol. The molecule has 0 saturated carbocycles. The molecule has 0 radical (unpaired) electrons. The summed E-state index contributed by atoms with van der Waals surface area (Å²) in [5.41, 5.74) is 0. The Kier molecular flexibility index (Phi) is 6.24. The maximum Gasteiger partial charge on any atom is 0.397 e. The lowest BCUT2D eigenvalue weighted by molar-refractivity contribution is -0.159. The molecule has 0 N–H and O–H groups in total. The Morgan fingerprint density at radius 3 is 2.20 bits per heavy atom. The first-order valence-corrected chi connectivity index (χ1v) is 4.50. The minimum absolute atomic E-state index is 0.373. The molecule has 0 aliphatic rings. The highest BCUT2D eigenvalue weighted by molar-refractivity contribution is 6.32. The SMILES string of the molecule is CCN(CC)C(=O)C(=O)OCC=C(F)F. The molecule has 0 aromatic heterocycles. The van der Waals surface area contributed by atoms with E-state index in [1.807, 2.05) is 0 Å². The van der Waals surface area contributed by atoms with E-state index in [1.165, 1.54) is 4.90 Å². The highest BCUT2D eigenvalue weighted by atomic mass is 19.3. The number of esters is 1. The highest BCUT2D eigenvalue weighted by Gasteiger charge is 2.20. The lowest BCUT2D eigenvalue weighted by atomic mass is 10.4. The Balaban J connectivity index is 4.10. The normalized spacial score (nSPS) is 9.33. The third-order valence-corrected chi connectivity index (χ3v) is 1.68. The van der Waals surface area contributed by atoms with Gasteiger partial charge in [-0.15, -0.1) is 0 Å². The van der Waals surface area contributed by atoms with E-state index in [0.717, 1.165) is 0 Å². The summed E-state index contributed by atoms with van der Waals surface area (Å²) < 4.78 is 27.4. The molecule has 0 heterocycles. The van der Waals surface area contributed by atoms with Crippen molar-refractivity contribution in [3.05, 3.63) is 12.2 Å². The topological polar surface area (TPSA) is 46.6 Å². The van der Waals surface area contributed by atoms with E-state index in [-0.39, 0.29) is 0 Å². The third-order valence-electron chi connectivity index (χ3n) is 1.68. The summed E-state index contributed by atoms with van der Waals surface area (Å²) in [4.78, 5) is 23.5. The Hall–Kier alpha value is -1.46. The highest BCUT2D eigenvalue weighted by Crippen LogP contribution is 1.97. The molecule has 15 heavy (non-hydrogen) atoms. The van der Waals surface area contributed by atoms with Crippen LogP contribution < -0.4 is 0 Å². The van der Waals surface area contributed by atoms with E-state index in [2.05, 4.69) is 4.74 Å². The van der Waals surface area contributed by atoms with Crippen LogP contribution in [0.2, 0.25) is 0 Å². The van der Waals surface area contributed by atoms with Gasteiger partial charge in [0.05, 0.1) is 0 Å². The van der Waals surface area contributed by atoms with Crippen LogP contribution in [0.25, 0.3) is 0 Å². The maximum absolute atomic E-state index is 11.6. The number of carbonyl (C=O) groups is 2. The zero-order valence-electron chi connectivity index (χ0n) is 8.63. The number of carbonyl (C=O) groups excluding carboxylic acids is 2. The average Bonchev–Trinajstić information content (AvgIpc) is 2.18. The summed E-state index contributed by atoms with van der Waals surface area (Å²) >= 11 is 0. The summed E-state index contributed by atoms with van der Waals surface area (Å²) in [6.07, 6.45) is -1.52. The Labute approximate surface area is 86.5 Å². The van der Waals surface area contributed by atoms with Crippen LogP contribution >= 0.6 is 0 Å². The molecule has 0 aliphatic heterocycles. The monoisotopic (exact) mass is 221 g/mol. The molecule has 0 aliphatic carbocycles. The minimum Gasteiger partial charge on any atom is -0.454 e. The number of rotatable bonds is 4. The van der Waals surface area contributed by atoms with Gasteiger partial charge in [0.25, 0.3) is 6.08 Å². The first-order chi connectivity index (χ1) is 7.02. The van der Waals surface area contributed by atoms with Gasteiger partial charge in [0, 0.05) is 19.2 Å². The van der Waals surface area contributed by atoms with E-state index in [0.29, 0.717) is 19.2 Å². The second kappa shape index (κ2) is 6.92. The van der Waals surface area contributed by atoms with Crippen LogP contribution in [0.4, 0.5) is 8.78 Å². The van der Waals surface area contributed by atoms with Gasteiger partial charge in [0.2, 0.25) is 0 Å². The van der Waals surface area contributed by atoms with Crippen LogP contribution in [0.5, 0.6) is 0 Å². The Morgan fingerprint density at radius 2 is 1.80 bits per heavy atom. The van der Waals surface area contributed by atoms with Crippen molar-refractivity contribution in [2.45, 2.75) is 13.8 Å². The van der Waals surface area contributed by atoms with Crippen molar-refractivity contribution in [3.63, 3.8) is 0 Å². The molecule has 86 valence electrons. The van der Waals surface area contributed by atoms with E-state index >= 15 is 0 Å². The number of ether oxygens (including phenoxy) is 1. The zero-order valence-corrected chi connectivity index (χ0v) is 8.63. The Bertz CT molecular complexity index is 258. The van der Waals surface area contributed by atoms with Crippen molar-refractivity contribution < 1.29 is 23.1 Å². The van der Waals surface area contributed by atoms with Gasteiger partial charge in [-0.2, -0.15) is 8.78 Å². The molecule has 0 saturated heterocycles. The van der Waals surface area contributed by atoms with Gasteiger partial charge in [-0.3, -0.25) is 4.79 Å². The van der Waals surface area contributed by atoms with E-state index in [4.69, 9.17) is 0 Å². The molecule has 4 nitrogen and oxygen atoms in total. The average molecular weight is 221 g/mol. The van der Waals surface area contributed by atoms with Gasteiger partial charge in [-0.05, 0) is 13.8 Å². The largest absolute Gasteiger partial charge is 0.454 e. The fourth-order valence-electron chi connectivity index (χ4n) is 0.882. The lowest BCUT2D eigenvalue weighted by Gasteiger charge is -2.16. The standard InChI is InChI=1S/C9H13F2NO3/c1-3-12(4-2)8(13)9(14)15-6-5-7(10)11/h5H,3-4,6H2,1-2H3. The molecule has 6 heteroatoms. The van der Waals surface area contributed by atoms with Crippen LogP contribution in [0, 0.1) is 0 Å². The maximum atomic E-state index is 11.6. The van der Waals surface area contributed by atoms with Crippen molar-refractivity contribution in [1.29, 1.82) is 0 Å². The van der Waals surface area contributed by atoms with Gasteiger partial charge in [0.1, 0.15) is 6.61 Å². The van der Waals surface area contributed by atoms with Crippen LogP contribution in [-0.4, -0.2) is 36.5 Å². The van der Waals surface area contributed by atoms with Gasteiger partial charge in [-0.25, -0.2) is 4.79 Å². The van der Waals surface area contributed by atoms with Crippen LogP contribution in [-0.2, 0) is 14.3 Å². The molecule has 0 aromatic rings. The molecule has 0 rings (SSSR count). The van der Waals surface area contributed by atoms with Crippen LogP contribution in [0.3, 0.4) is 0 Å². The second-order valence-corrected chi connectivity index (χ2v) is 2.57. The third kappa shape index (κ3) is 5.09. The minimum atomic E-state index is -1.95. The van der Waals surface area contributed by atoms with E-state index in [9.17, 15) is 18.4 Å². The first-order valence-electron chi connectivity index (χ1n) is 4.50. The molecule has 1 amide bonds. The van der Waals surface area contributed by atoms with Crippen molar-refractivity contribution >= 4 is 11.9 Å². The van der Waals surface area contributed by atoms with Crippen LogP contribution in [0.1, 0.15) is 13.8 Å². The summed E-state index contributed by atoms with van der Waals surface area (Å²) in [5.74, 6) is -1.93. The molecule has 0 atom stereocenters. The first kappa shape index (κ1) is 13.5. The fraction of sp³-hybridized carbons (Fsp3) is 0.556. The van der Waals surface area contributed by atoms with Crippen molar-refractivity contribution in [2.24, 2.45) is 0 Å². The summed E-state index contributed by atoms with van der Waals surface area (Å²) in [6.45, 7) is 3.56.